The van der Waals surface area contributed by atoms with Gasteiger partial charge in [-0.05, 0) is 57.0 Å². The third kappa shape index (κ3) is 3.62. The molecule has 2 saturated heterocycles. The number of amides is 1. The van der Waals surface area contributed by atoms with Gasteiger partial charge in [0.05, 0.1) is 0 Å². The van der Waals surface area contributed by atoms with Crippen LogP contribution in [0, 0.1) is 0 Å². The van der Waals surface area contributed by atoms with Crippen molar-refractivity contribution >= 4 is 21.8 Å². The monoisotopic (exact) mass is 379 g/mol. The van der Waals surface area contributed by atoms with E-state index in [0.717, 1.165) is 29.5 Å². The van der Waals surface area contributed by atoms with E-state index in [1.54, 1.807) is 0 Å². The van der Waals surface area contributed by atoms with Gasteiger partial charge < -0.3 is 10.6 Å². The van der Waals surface area contributed by atoms with Gasteiger partial charge in [0.2, 0.25) is 5.91 Å². The second-order valence-electron chi connectivity index (χ2n) is 7.00. The van der Waals surface area contributed by atoms with Gasteiger partial charge in [0.15, 0.2) is 0 Å². The third-order valence-corrected chi connectivity index (χ3v) is 5.77. The predicted molar refractivity (Wildman–Crippen MR) is 96.1 cm³/mol. The van der Waals surface area contributed by atoms with Gasteiger partial charge in [-0.25, -0.2) is 0 Å². The van der Waals surface area contributed by atoms with E-state index < -0.39 is 5.54 Å². The summed E-state index contributed by atoms with van der Waals surface area (Å²) in [6.45, 7) is 5.83. The zero-order chi connectivity index (χ0) is 16.4. The summed E-state index contributed by atoms with van der Waals surface area (Å²) in [5.41, 5.74) is 6.32. The molecule has 4 nitrogen and oxygen atoms in total. The number of piperidine rings is 1. The Hall–Kier alpha value is -0.910. The molecule has 2 unspecified atom stereocenters. The van der Waals surface area contributed by atoms with Crippen molar-refractivity contribution in [2.24, 2.45) is 5.73 Å². The molecule has 0 bridgehead atoms. The molecule has 0 radical (unpaired) electrons. The Morgan fingerprint density at radius 3 is 2.48 bits per heavy atom. The van der Waals surface area contributed by atoms with E-state index in [2.05, 4.69) is 20.8 Å². The predicted octanol–water partition coefficient (Wildman–Crippen LogP) is 2.71. The average molecular weight is 380 g/mol. The van der Waals surface area contributed by atoms with E-state index >= 15 is 0 Å². The molecule has 0 spiro atoms. The SMILES string of the molecule is CC(N)(C(=O)N1CCC(N2CCCCC2)C1)c1ccc(Br)cc1. The highest BCUT2D eigenvalue weighted by molar-refractivity contribution is 9.10. The van der Waals surface area contributed by atoms with Crippen LogP contribution >= 0.6 is 15.9 Å². The van der Waals surface area contributed by atoms with Crippen molar-refractivity contribution in [3.05, 3.63) is 34.3 Å². The van der Waals surface area contributed by atoms with Crippen molar-refractivity contribution < 1.29 is 4.79 Å². The fourth-order valence-corrected chi connectivity index (χ4v) is 4.02. The van der Waals surface area contributed by atoms with Crippen LogP contribution in [0.4, 0.5) is 0 Å². The Bertz CT molecular complexity index is 552. The fourth-order valence-electron chi connectivity index (χ4n) is 3.76. The standard InChI is InChI=1S/C18H26BrN3O/c1-18(20,14-5-7-15(19)8-6-14)17(23)22-12-9-16(13-22)21-10-3-2-4-11-21/h5-8,16H,2-4,9-13,20H2,1H3. The first-order valence-corrected chi connectivity index (χ1v) is 9.36. The zero-order valence-corrected chi connectivity index (χ0v) is 15.4. The minimum Gasteiger partial charge on any atom is -0.339 e. The highest BCUT2D eigenvalue weighted by Crippen LogP contribution is 2.26. The smallest absolute Gasteiger partial charge is 0.247 e. The number of carbonyl (C=O) groups excluding carboxylic acids is 1. The molecule has 1 aromatic carbocycles. The summed E-state index contributed by atoms with van der Waals surface area (Å²) in [5, 5.41) is 0. The van der Waals surface area contributed by atoms with Crippen molar-refractivity contribution in [1.29, 1.82) is 0 Å². The minimum atomic E-state index is -0.961. The molecule has 3 rings (SSSR count). The lowest BCUT2D eigenvalue weighted by Gasteiger charge is -2.33. The van der Waals surface area contributed by atoms with Crippen LogP contribution in [0.5, 0.6) is 0 Å². The number of nitrogens with zero attached hydrogens (tertiary/aromatic N) is 2. The van der Waals surface area contributed by atoms with Gasteiger partial charge in [0.1, 0.15) is 5.54 Å². The van der Waals surface area contributed by atoms with E-state index in [4.69, 9.17) is 5.73 Å². The first kappa shape index (κ1) is 16.9. The molecule has 1 aromatic rings. The lowest BCUT2D eigenvalue weighted by atomic mass is 9.92. The summed E-state index contributed by atoms with van der Waals surface area (Å²) in [6.07, 6.45) is 4.99. The fraction of sp³-hybridized carbons (Fsp3) is 0.611. The summed E-state index contributed by atoms with van der Waals surface area (Å²) < 4.78 is 0.996. The van der Waals surface area contributed by atoms with Gasteiger partial charge in [-0.3, -0.25) is 9.69 Å². The van der Waals surface area contributed by atoms with Gasteiger partial charge in [-0.15, -0.1) is 0 Å². The Balaban J connectivity index is 1.66. The van der Waals surface area contributed by atoms with Crippen LogP contribution in [0.2, 0.25) is 0 Å². The third-order valence-electron chi connectivity index (χ3n) is 5.25. The highest BCUT2D eigenvalue weighted by Gasteiger charge is 2.39. The first-order valence-electron chi connectivity index (χ1n) is 8.57. The largest absolute Gasteiger partial charge is 0.339 e. The van der Waals surface area contributed by atoms with E-state index in [0.29, 0.717) is 6.04 Å². The lowest BCUT2D eigenvalue weighted by molar-refractivity contribution is -0.135. The topological polar surface area (TPSA) is 49.6 Å². The number of halogens is 1. The van der Waals surface area contributed by atoms with Gasteiger partial charge in [0.25, 0.3) is 0 Å². The van der Waals surface area contributed by atoms with Crippen molar-refractivity contribution in [3.8, 4) is 0 Å². The van der Waals surface area contributed by atoms with Crippen LogP contribution < -0.4 is 5.73 Å². The van der Waals surface area contributed by atoms with E-state index in [1.165, 1.54) is 32.4 Å². The molecule has 0 aromatic heterocycles. The number of hydrogen-bond donors (Lipinski definition) is 1. The number of benzene rings is 1. The van der Waals surface area contributed by atoms with Gasteiger partial charge in [-0.2, -0.15) is 0 Å². The van der Waals surface area contributed by atoms with Crippen molar-refractivity contribution in [2.75, 3.05) is 26.2 Å². The number of rotatable bonds is 3. The summed E-state index contributed by atoms with van der Waals surface area (Å²) in [7, 11) is 0. The van der Waals surface area contributed by atoms with E-state index in [9.17, 15) is 4.79 Å². The number of carbonyl (C=O) groups is 1. The van der Waals surface area contributed by atoms with Crippen LogP contribution in [0.25, 0.3) is 0 Å². The molecule has 0 saturated carbocycles. The molecule has 2 aliphatic heterocycles. The Morgan fingerprint density at radius 1 is 1.17 bits per heavy atom. The quantitative estimate of drug-likeness (QED) is 0.877. The Morgan fingerprint density at radius 2 is 1.83 bits per heavy atom. The van der Waals surface area contributed by atoms with Crippen LogP contribution in [0.15, 0.2) is 28.7 Å². The molecule has 5 heteroatoms. The van der Waals surface area contributed by atoms with Crippen LogP contribution in [-0.2, 0) is 10.3 Å². The second-order valence-corrected chi connectivity index (χ2v) is 7.92. The first-order chi connectivity index (χ1) is 11.0. The van der Waals surface area contributed by atoms with Crippen molar-refractivity contribution in [3.63, 3.8) is 0 Å². The van der Waals surface area contributed by atoms with Crippen LogP contribution in [0.1, 0.15) is 38.2 Å². The summed E-state index contributed by atoms with van der Waals surface area (Å²) in [4.78, 5) is 17.5. The maximum atomic E-state index is 13.0. The maximum absolute atomic E-state index is 13.0. The number of nitrogens with two attached hydrogens (primary N) is 1. The number of hydrogen-bond acceptors (Lipinski definition) is 3. The zero-order valence-electron chi connectivity index (χ0n) is 13.8. The molecule has 126 valence electrons. The summed E-state index contributed by atoms with van der Waals surface area (Å²) in [6, 6.07) is 8.25. The van der Waals surface area contributed by atoms with E-state index in [-0.39, 0.29) is 5.91 Å². The Labute approximate surface area is 147 Å². The average Bonchev–Trinajstić information content (AvgIpc) is 3.05. The van der Waals surface area contributed by atoms with E-state index in [1.807, 2.05) is 36.1 Å². The molecule has 2 aliphatic rings. The minimum absolute atomic E-state index is 0.0410. The molecule has 23 heavy (non-hydrogen) atoms. The Kier molecular flexibility index (Phi) is 5.09. The van der Waals surface area contributed by atoms with Crippen LogP contribution in [-0.4, -0.2) is 47.9 Å². The van der Waals surface area contributed by atoms with Crippen molar-refractivity contribution in [2.45, 2.75) is 44.2 Å². The van der Waals surface area contributed by atoms with Gasteiger partial charge in [-0.1, -0.05) is 34.5 Å². The molecular weight excluding hydrogens is 354 g/mol. The molecule has 1 amide bonds. The molecule has 2 N–H and O–H groups in total. The maximum Gasteiger partial charge on any atom is 0.247 e. The molecule has 0 aliphatic carbocycles. The van der Waals surface area contributed by atoms with Gasteiger partial charge in [0, 0.05) is 23.6 Å². The summed E-state index contributed by atoms with van der Waals surface area (Å²) >= 11 is 3.43. The van der Waals surface area contributed by atoms with Crippen LogP contribution in [0.3, 0.4) is 0 Å². The summed E-state index contributed by atoms with van der Waals surface area (Å²) in [5.74, 6) is 0.0410. The molecule has 2 atom stereocenters. The molecule has 2 fully saturated rings. The molecular formula is C18H26BrN3O. The van der Waals surface area contributed by atoms with Crippen molar-refractivity contribution in [1.82, 2.24) is 9.80 Å². The molecule has 2 heterocycles. The lowest BCUT2D eigenvalue weighted by Crippen LogP contribution is -2.51. The second kappa shape index (κ2) is 6.91. The number of likely N-dealkylation sites (tertiary alicyclic amines) is 2. The van der Waals surface area contributed by atoms with Gasteiger partial charge >= 0.3 is 0 Å². The highest BCUT2D eigenvalue weighted by atomic mass is 79.9. The normalized spacial score (nSPS) is 25.3.